The first kappa shape index (κ1) is 9.12. The van der Waals surface area contributed by atoms with Gasteiger partial charge in [0.1, 0.15) is 0 Å². The van der Waals surface area contributed by atoms with Crippen molar-refractivity contribution in [3.05, 3.63) is 0 Å². The third-order valence-corrected chi connectivity index (χ3v) is 3.26. The zero-order valence-corrected chi connectivity index (χ0v) is 6.84. The molecule has 0 spiro atoms. The van der Waals surface area contributed by atoms with Crippen molar-refractivity contribution in [3.63, 3.8) is 0 Å². The van der Waals surface area contributed by atoms with Crippen LogP contribution in [-0.4, -0.2) is 36.4 Å². The number of hydrogen-bond acceptors (Lipinski definition) is 4. The Hall–Kier alpha value is 0.0300. The van der Waals surface area contributed by atoms with Gasteiger partial charge in [-0.1, -0.05) is 0 Å². The predicted molar refractivity (Wildman–Crippen MR) is 38.6 cm³/mol. The quantitative estimate of drug-likeness (QED) is 0.550. The minimum atomic E-state index is -2.11. The summed E-state index contributed by atoms with van der Waals surface area (Å²) in [6.45, 7) is -0.362. The lowest BCUT2D eigenvalue weighted by atomic mass is 10.2. The van der Waals surface area contributed by atoms with E-state index in [-0.39, 0.29) is 13.0 Å². The van der Waals surface area contributed by atoms with Crippen molar-refractivity contribution in [2.24, 2.45) is 0 Å². The van der Waals surface area contributed by atoms with Gasteiger partial charge in [-0.25, -0.2) is 0 Å². The smallest absolute Gasteiger partial charge is 0.0784 e. The summed E-state index contributed by atoms with van der Waals surface area (Å²) in [5.74, 6) is 0. The van der Waals surface area contributed by atoms with Crippen molar-refractivity contribution in [2.75, 3.05) is 6.61 Å². The van der Waals surface area contributed by atoms with Gasteiger partial charge in [0.25, 0.3) is 0 Å². The summed E-state index contributed by atoms with van der Waals surface area (Å²) in [5.41, 5.74) is 0. The van der Waals surface area contributed by atoms with Crippen LogP contribution in [0.2, 0.25) is 0 Å². The van der Waals surface area contributed by atoms with Gasteiger partial charge in [0.15, 0.2) is 0 Å². The molecule has 0 amide bonds. The van der Waals surface area contributed by atoms with Crippen LogP contribution in [0.3, 0.4) is 0 Å². The Labute approximate surface area is 67.5 Å². The average Bonchev–Trinajstić information content (AvgIpc) is 2.69. The topological polar surface area (TPSA) is 80.6 Å². The van der Waals surface area contributed by atoms with Gasteiger partial charge in [-0.05, 0) is 30.3 Å². The maximum atomic E-state index is 10.5. The third-order valence-electron chi connectivity index (χ3n) is 1.98. The Morgan fingerprint density at radius 1 is 1.64 bits per heavy atom. The molecule has 2 atom stereocenters. The van der Waals surface area contributed by atoms with Crippen LogP contribution in [-0.2, 0) is 11.1 Å². The van der Waals surface area contributed by atoms with E-state index >= 15 is 0 Å². The number of aliphatic hydroxyl groups excluding tert-OH is 2. The Morgan fingerprint density at radius 3 is 2.45 bits per heavy atom. The van der Waals surface area contributed by atoms with E-state index in [0.717, 1.165) is 0 Å². The van der Waals surface area contributed by atoms with Gasteiger partial charge in [-0.15, -0.1) is 0 Å². The fourth-order valence-electron chi connectivity index (χ4n) is 1.07. The van der Waals surface area contributed by atoms with Gasteiger partial charge in [-0.3, -0.25) is 4.21 Å². The molecule has 0 saturated heterocycles. The largest absolute Gasteiger partial charge is 0.772 e. The summed E-state index contributed by atoms with van der Waals surface area (Å²) < 4.78 is 20.4. The van der Waals surface area contributed by atoms with Crippen LogP contribution in [0.4, 0.5) is 0 Å². The summed E-state index contributed by atoms with van der Waals surface area (Å²) in [4.78, 5) is 0. The molecule has 0 aromatic carbocycles. The van der Waals surface area contributed by atoms with E-state index in [9.17, 15) is 8.76 Å². The molecule has 5 heteroatoms. The Morgan fingerprint density at radius 2 is 2.18 bits per heavy atom. The molecule has 1 unspecified atom stereocenters. The van der Waals surface area contributed by atoms with Crippen LogP contribution < -0.4 is 0 Å². The van der Waals surface area contributed by atoms with E-state index in [1.165, 1.54) is 0 Å². The van der Waals surface area contributed by atoms with Gasteiger partial charge in [-0.2, -0.15) is 0 Å². The summed E-state index contributed by atoms with van der Waals surface area (Å²) in [6.07, 6.45) is 0.496. The molecule has 0 radical (unpaired) electrons. The van der Waals surface area contributed by atoms with Gasteiger partial charge >= 0.3 is 0 Å². The third kappa shape index (κ3) is 1.99. The van der Waals surface area contributed by atoms with Crippen LogP contribution in [0.15, 0.2) is 0 Å². The van der Waals surface area contributed by atoms with E-state index in [1.54, 1.807) is 0 Å². The highest BCUT2D eigenvalue weighted by atomic mass is 32.2. The molecule has 1 saturated carbocycles. The first-order valence-electron chi connectivity index (χ1n) is 3.49. The molecular weight excluding hydrogens is 168 g/mol. The summed E-state index contributed by atoms with van der Waals surface area (Å²) in [6, 6.07) is 0. The van der Waals surface area contributed by atoms with Crippen LogP contribution >= 0.6 is 0 Å². The van der Waals surface area contributed by atoms with Crippen LogP contribution in [0.1, 0.15) is 19.3 Å². The monoisotopic (exact) mass is 179 g/mol. The van der Waals surface area contributed by atoms with E-state index in [4.69, 9.17) is 10.2 Å². The fourth-order valence-corrected chi connectivity index (χ4v) is 1.84. The van der Waals surface area contributed by atoms with Gasteiger partial charge in [0, 0.05) is 4.75 Å². The van der Waals surface area contributed by atoms with Gasteiger partial charge < -0.3 is 14.8 Å². The molecule has 0 aliphatic heterocycles. The summed E-state index contributed by atoms with van der Waals surface area (Å²) in [5, 5.41) is 17.4. The number of rotatable bonds is 4. The van der Waals surface area contributed by atoms with Crippen molar-refractivity contribution in [3.8, 4) is 0 Å². The van der Waals surface area contributed by atoms with E-state index in [0.29, 0.717) is 12.8 Å². The first-order chi connectivity index (χ1) is 5.10. The Kier molecular flexibility index (Phi) is 2.64. The minimum absolute atomic E-state index is 0.166. The van der Waals surface area contributed by atoms with Crippen molar-refractivity contribution in [2.45, 2.75) is 30.1 Å². The van der Waals surface area contributed by atoms with Crippen molar-refractivity contribution < 1.29 is 19.0 Å². The van der Waals surface area contributed by atoms with Crippen molar-refractivity contribution >= 4 is 11.1 Å². The molecule has 66 valence electrons. The molecule has 0 heterocycles. The molecule has 1 aliphatic rings. The molecule has 0 aromatic heterocycles. The molecular formula is C6H11O4S-. The molecule has 1 rings (SSSR count). The highest BCUT2D eigenvalue weighted by Crippen LogP contribution is 2.44. The minimum Gasteiger partial charge on any atom is -0.772 e. The second-order valence-electron chi connectivity index (χ2n) is 2.96. The molecule has 4 nitrogen and oxygen atoms in total. The zero-order valence-electron chi connectivity index (χ0n) is 6.02. The SMILES string of the molecule is O=S([O-])C1(C[C@H](O)CO)CC1. The molecule has 0 bridgehead atoms. The van der Waals surface area contributed by atoms with Crippen LogP contribution in [0, 0.1) is 0 Å². The van der Waals surface area contributed by atoms with Crippen LogP contribution in [0.5, 0.6) is 0 Å². The normalized spacial score (nSPS) is 26.1. The molecule has 11 heavy (non-hydrogen) atoms. The Balaban J connectivity index is 2.41. The highest BCUT2D eigenvalue weighted by molar-refractivity contribution is 7.81. The maximum absolute atomic E-state index is 10.5. The Bertz CT molecular complexity index is 166. The van der Waals surface area contributed by atoms with Gasteiger partial charge in [0.05, 0.1) is 12.7 Å². The van der Waals surface area contributed by atoms with Crippen molar-refractivity contribution in [1.29, 1.82) is 0 Å². The van der Waals surface area contributed by atoms with E-state index in [1.807, 2.05) is 0 Å². The fraction of sp³-hybridized carbons (Fsp3) is 1.00. The summed E-state index contributed by atoms with van der Waals surface area (Å²) >= 11 is -2.11. The highest BCUT2D eigenvalue weighted by Gasteiger charge is 2.45. The first-order valence-corrected chi connectivity index (χ1v) is 4.56. The second kappa shape index (κ2) is 3.18. The van der Waals surface area contributed by atoms with Gasteiger partial charge in [0.2, 0.25) is 0 Å². The second-order valence-corrected chi connectivity index (χ2v) is 4.29. The lowest BCUT2D eigenvalue weighted by Gasteiger charge is -2.20. The van der Waals surface area contributed by atoms with Crippen LogP contribution in [0.25, 0.3) is 0 Å². The van der Waals surface area contributed by atoms with E-state index in [2.05, 4.69) is 0 Å². The summed E-state index contributed by atoms with van der Waals surface area (Å²) in [7, 11) is 0. The van der Waals surface area contributed by atoms with E-state index < -0.39 is 21.9 Å². The standard InChI is InChI=1S/C6H12O4S/c7-4-5(8)3-6(1-2-6)11(9)10/h5,7-8H,1-4H2,(H,9,10)/p-1/t5-/m0/s1. The lowest BCUT2D eigenvalue weighted by molar-refractivity contribution is 0.0856. The average molecular weight is 179 g/mol. The number of hydrogen-bond donors (Lipinski definition) is 2. The lowest BCUT2D eigenvalue weighted by Crippen LogP contribution is -2.25. The molecule has 2 N–H and O–H groups in total. The maximum Gasteiger partial charge on any atom is 0.0784 e. The zero-order chi connectivity index (χ0) is 8.48. The molecule has 1 aliphatic carbocycles. The van der Waals surface area contributed by atoms with Crippen molar-refractivity contribution in [1.82, 2.24) is 0 Å². The molecule has 0 aromatic rings. The molecule has 1 fully saturated rings. The predicted octanol–water partition coefficient (Wildman–Crippen LogP) is -0.859. The number of aliphatic hydroxyl groups is 2.